The van der Waals surface area contributed by atoms with Gasteiger partial charge in [0.15, 0.2) is 0 Å². The van der Waals surface area contributed by atoms with Crippen LogP contribution in [-0.2, 0) is 4.79 Å². The van der Waals surface area contributed by atoms with E-state index < -0.39 is 12.1 Å². The summed E-state index contributed by atoms with van der Waals surface area (Å²) in [4.78, 5) is 35.2. The van der Waals surface area contributed by atoms with Gasteiger partial charge in [0.2, 0.25) is 5.91 Å². The van der Waals surface area contributed by atoms with Gasteiger partial charge in [-0.3, -0.25) is 14.7 Å². The van der Waals surface area contributed by atoms with Crippen LogP contribution >= 0.6 is 11.6 Å². The van der Waals surface area contributed by atoms with E-state index in [1.807, 2.05) is 87.5 Å². The number of amides is 3. The molecule has 2 atom stereocenters. The van der Waals surface area contributed by atoms with Gasteiger partial charge in [-0.2, -0.15) is 0 Å². The predicted octanol–water partition coefficient (Wildman–Crippen LogP) is 5.54. The number of nitrogens with zero attached hydrogens (tertiary/aromatic N) is 3. The Morgan fingerprint density at radius 2 is 1.75 bits per heavy atom. The summed E-state index contributed by atoms with van der Waals surface area (Å²) in [6.45, 7) is 6.69. The Kier molecular flexibility index (Phi) is 7.98. The van der Waals surface area contributed by atoms with Crippen molar-refractivity contribution in [3.05, 3.63) is 94.0 Å². The van der Waals surface area contributed by atoms with Gasteiger partial charge in [-0.25, -0.2) is 4.79 Å². The standard InChI is InChI=1S/C31H33ClN4O4/c1-19(2)40-26-17-24(39-4)13-14-25(26)30-34-28(21-9-11-23(32)12-10-21)29(22-7-5-20(3)6-8-22)36(30)31(38)35-16-15-33-27(37)18-35/h5-14,17,19,28-29H,15-16,18H2,1-4H3,(H,33,37)/t28-,29+/m0/s1. The van der Waals surface area contributed by atoms with Crippen molar-refractivity contribution in [2.75, 3.05) is 26.7 Å². The van der Waals surface area contributed by atoms with Crippen LogP contribution in [0.15, 0.2) is 71.7 Å². The number of carbonyl (C=O) groups is 2. The molecule has 0 unspecified atom stereocenters. The number of hydrogen-bond acceptors (Lipinski definition) is 5. The molecule has 3 aromatic rings. The van der Waals surface area contributed by atoms with Crippen molar-refractivity contribution in [1.29, 1.82) is 0 Å². The Hall–Kier alpha value is -4.04. The summed E-state index contributed by atoms with van der Waals surface area (Å²) in [5.74, 6) is 1.47. The van der Waals surface area contributed by atoms with E-state index in [0.29, 0.717) is 41.0 Å². The second-order valence-corrected chi connectivity index (χ2v) is 10.7. The molecule has 8 nitrogen and oxygen atoms in total. The molecule has 3 aromatic carbocycles. The number of carbonyl (C=O) groups excluding carboxylic acids is 2. The normalized spacial score (nSPS) is 18.9. The Morgan fingerprint density at radius 3 is 2.40 bits per heavy atom. The molecule has 9 heteroatoms. The molecular weight excluding hydrogens is 528 g/mol. The highest BCUT2D eigenvalue weighted by Gasteiger charge is 2.45. The van der Waals surface area contributed by atoms with Crippen molar-refractivity contribution in [3.63, 3.8) is 0 Å². The fourth-order valence-electron chi connectivity index (χ4n) is 5.08. The summed E-state index contributed by atoms with van der Waals surface area (Å²) in [5, 5.41) is 3.42. The number of piperazine rings is 1. The molecule has 0 radical (unpaired) electrons. The van der Waals surface area contributed by atoms with Crippen LogP contribution in [0.4, 0.5) is 4.79 Å². The lowest BCUT2D eigenvalue weighted by Crippen LogP contribution is -2.55. The maximum atomic E-state index is 14.4. The minimum absolute atomic E-state index is 0.0210. The molecule has 0 aliphatic carbocycles. The van der Waals surface area contributed by atoms with Gasteiger partial charge in [0.25, 0.3) is 0 Å². The summed E-state index contributed by atoms with van der Waals surface area (Å²) in [6, 6.07) is 20.0. The van der Waals surface area contributed by atoms with Crippen LogP contribution in [0.25, 0.3) is 0 Å². The lowest BCUT2D eigenvalue weighted by atomic mass is 9.93. The smallest absolute Gasteiger partial charge is 0.326 e. The van der Waals surface area contributed by atoms with Crippen molar-refractivity contribution in [1.82, 2.24) is 15.1 Å². The van der Waals surface area contributed by atoms with Crippen LogP contribution in [-0.4, -0.2) is 60.4 Å². The number of methoxy groups -OCH3 is 1. The minimum atomic E-state index is -0.469. The van der Waals surface area contributed by atoms with Crippen molar-refractivity contribution in [2.45, 2.75) is 39.0 Å². The van der Waals surface area contributed by atoms with Gasteiger partial charge in [0.1, 0.15) is 29.9 Å². The SMILES string of the molecule is COc1ccc(C2=N[C@@H](c3ccc(Cl)cc3)[C@@H](c3ccc(C)cc3)N2C(=O)N2CCNC(=O)C2)c(OC(C)C)c1. The molecule has 0 spiro atoms. The Bertz CT molecular complexity index is 1420. The third-order valence-electron chi connectivity index (χ3n) is 7.00. The second-order valence-electron chi connectivity index (χ2n) is 10.3. The molecule has 208 valence electrons. The third-order valence-corrected chi connectivity index (χ3v) is 7.26. The van der Waals surface area contributed by atoms with Crippen LogP contribution < -0.4 is 14.8 Å². The fraction of sp³-hybridized carbons (Fsp3) is 0.323. The Morgan fingerprint density at radius 1 is 1.05 bits per heavy atom. The van der Waals surface area contributed by atoms with Gasteiger partial charge in [0.05, 0.1) is 24.8 Å². The first-order chi connectivity index (χ1) is 19.2. The van der Waals surface area contributed by atoms with E-state index in [1.165, 1.54) is 0 Å². The largest absolute Gasteiger partial charge is 0.497 e. The number of urea groups is 1. The highest BCUT2D eigenvalue weighted by molar-refractivity contribution is 6.30. The average molecular weight is 561 g/mol. The molecule has 40 heavy (non-hydrogen) atoms. The van der Waals surface area contributed by atoms with Crippen molar-refractivity contribution in [3.8, 4) is 11.5 Å². The number of aryl methyl sites for hydroxylation is 1. The van der Waals surface area contributed by atoms with E-state index in [1.54, 1.807) is 16.9 Å². The Labute approximate surface area is 239 Å². The van der Waals surface area contributed by atoms with Crippen LogP contribution in [0.3, 0.4) is 0 Å². The molecule has 1 fully saturated rings. The zero-order valence-corrected chi connectivity index (χ0v) is 23.8. The van der Waals surface area contributed by atoms with E-state index in [9.17, 15) is 9.59 Å². The maximum Gasteiger partial charge on any atom is 0.326 e. The zero-order valence-electron chi connectivity index (χ0n) is 23.1. The number of aliphatic imine (C=N–C) groups is 1. The molecule has 0 saturated carbocycles. The van der Waals surface area contributed by atoms with E-state index in [-0.39, 0.29) is 24.6 Å². The van der Waals surface area contributed by atoms with Gasteiger partial charge >= 0.3 is 6.03 Å². The molecule has 5 rings (SSSR count). The van der Waals surface area contributed by atoms with E-state index in [0.717, 1.165) is 16.7 Å². The molecule has 0 aromatic heterocycles. The summed E-state index contributed by atoms with van der Waals surface area (Å²) >= 11 is 6.23. The summed E-state index contributed by atoms with van der Waals surface area (Å²) in [7, 11) is 1.60. The quantitative estimate of drug-likeness (QED) is 0.429. The molecule has 2 heterocycles. The summed E-state index contributed by atoms with van der Waals surface area (Å²) in [5.41, 5.74) is 3.62. The highest BCUT2D eigenvalue weighted by atomic mass is 35.5. The first-order valence-corrected chi connectivity index (χ1v) is 13.7. The number of halogens is 1. The first kappa shape index (κ1) is 27.5. The van der Waals surface area contributed by atoms with Gasteiger partial charge in [0, 0.05) is 24.2 Å². The number of hydrogen-bond donors (Lipinski definition) is 1. The maximum absolute atomic E-state index is 14.4. The summed E-state index contributed by atoms with van der Waals surface area (Å²) < 4.78 is 11.7. The summed E-state index contributed by atoms with van der Waals surface area (Å²) in [6.07, 6.45) is -0.122. The number of benzene rings is 3. The second kappa shape index (κ2) is 11.6. The van der Waals surface area contributed by atoms with Crippen molar-refractivity contribution < 1.29 is 19.1 Å². The van der Waals surface area contributed by atoms with Crippen LogP contribution in [0.5, 0.6) is 11.5 Å². The molecule has 2 aliphatic rings. The van der Waals surface area contributed by atoms with Crippen LogP contribution in [0.2, 0.25) is 5.02 Å². The topological polar surface area (TPSA) is 83.5 Å². The monoisotopic (exact) mass is 560 g/mol. The molecule has 0 bridgehead atoms. The lowest BCUT2D eigenvalue weighted by Gasteiger charge is -2.36. The average Bonchev–Trinajstić information content (AvgIpc) is 3.33. The first-order valence-electron chi connectivity index (χ1n) is 13.3. The molecule has 3 amide bonds. The third kappa shape index (κ3) is 5.63. The minimum Gasteiger partial charge on any atom is -0.497 e. The van der Waals surface area contributed by atoms with E-state index in [2.05, 4.69) is 5.32 Å². The lowest BCUT2D eigenvalue weighted by molar-refractivity contribution is -0.123. The van der Waals surface area contributed by atoms with Gasteiger partial charge < -0.3 is 19.7 Å². The number of rotatable bonds is 6. The number of amidine groups is 1. The zero-order chi connectivity index (χ0) is 28.4. The Balaban J connectivity index is 1.71. The van der Waals surface area contributed by atoms with Gasteiger partial charge in [-0.1, -0.05) is 53.6 Å². The number of ether oxygens (including phenoxy) is 2. The van der Waals surface area contributed by atoms with Gasteiger partial charge in [-0.05, 0) is 56.2 Å². The predicted molar refractivity (Wildman–Crippen MR) is 155 cm³/mol. The van der Waals surface area contributed by atoms with Crippen LogP contribution in [0.1, 0.15) is 48.2 Å². The van der Waals surface area contributed by atoms with E-state index in [4.69, 9.17) is 26.1 Å². The number of nitrogens with one attached hydrogen (secondary N) is 1. The van der Waals surface area contributed by atoms with Crippen molar-refractivity contribution in [2.24, 2.45) is 4.99 Å². The van der Waals surface area contributed by atoms with Gasteiger partial charge in [-0.15, -0.1) is 0 Å². The van der Waals surface area contributed by atoms with Crippen molar-refractivity contribution >= 4 is 29.4 Å². The molecule has 1 N–H and O–H groups in total. The van der Waals surface area contributed by atoms with E-state index >= 15 is 0 Å². The fourth-order valence-corrected chi connectivity index (χ4v) is 5.20. The molecular formula is C31H33ClN4O4. The molecule has 2 aliphatic heterocycles. The van der Waals surface area contributed by atoms with Crippen LogP contribution in [0, 0.1) is 6.92 Å². The highest BCUT2D eigenvalue weighted by Crippen LogP contribution is 2.45. The molecule has 1 saturated heterocycles.